The Morgan fingerprint density at radius 1 is 1.33 bits per heavy atom. The molecule has 1 fully saturated rings. The Bertz CT molecular complexity index is 1040. The Morgan fingerprint density at radius 3 is 2.85 bits per heavy atom. The number of aromatic nitrogens is 2. The van der Waals surface area contributed by atoms with E-state index in [-0.39, 0.29) is 35.5 Å². The van der Waals surface area contributed by atoms with E-state index in [1.54, 1.807) is 11.0 Å². The molecule has 33 heavy (non-hydrogen) atoms. The average molecular weight is 487 g/mol. The maximum absolute atomic E-state index is 13.9. The number of nitrogens with one attached hydrogen (secondary N) is 3. The maximum Gasteiger partial charge on any atom is 0.408 e. The summed E-state index contributed by atoms with van der Waals surface area (Å²) in [6, 6.07) is 2.25. The average Bonchev–Trinajstić information content (AvgIpc) is 3.22. The molecule has 7 nitrogen and oxygen atoms in total. The number of hydrogen-bond acceptors (Lipinski definition) is 5. The Kier molecular flexibility index (Phi) is 6.62. The summed E-state index contributed by atoms with van der Waals surface area (Å²) in [7, 11) is 0. The Labute approximate surface area is 192 Å². The fourth-order valence-corrected chi connectivity index (χ4v) is 4.11. The molecular formula is C21H23ClF4N6O. The number of alkyl halides is 3. The molecule has 1 aromatic heterocycles. The molecule has 1 saturated heterocycles. The van der Waals surface area contributed by atoms with Gasteiger partial charge in [-0.2, -0.15) is 13.2 Å². The van der Waals surface area contributed by atoms with Crippen LogP contribution in [0.1, 0.15) is 29.7 Å². The molecular weight excluding hydrogens is 464 g/mol. The predicted octanol–water partition coefficient (Wildman–Crippen LogP) is 3.46. The summed E-state index contributed by atoms with van der Waals surface area (Å²) in [5, 5.41) is 8.49. The Hall–Kier alpha value is -2.66. The molecule has 178 valence electrons. The van der Waals surface area contributed by atoms with Crippen molar-refractivity contribution in [2.24, 2.45) is 0 Å². The van der Waals surface area contributed by atoms with E-state index >= 15 is 0 Å². The van der Waals surface area contributed by atoms with Crippen LogP contribution in [0.3, 0.4) is 0 Å². The normalized spacial score (nSPS) is 21.5. The second-order valence-electron chi connectivity index (χ2n) is 8.24. The first-order valence-corrected chi connectivity index (χ1v) is 10.9. The topological polar surface area (TPSA) is 82.2 Å². The first-order valence-electron chi connectivity index (χ1n) is 10.5. The number of fused-ring (bicyclic) bond motifs is 1. The minimum absolute atomic E-state index is 0.0396. The van der Waals surface area contributed by atoms with Crippen LogP contribution in [0, 0.1) is 5.82 Å². The third kappa shape index (κ3) is 5.30. The highest BCUT2D eigenvalue weighted by Gasteiger charge is 2.37. The van der Waals surface area contributed by atoms with Gasteiger partial charge in [0.1, 0.15) is 11.9 Å². The number of amides is 2. The van der Waals surface area contributed by atoms with E-state index < -0.39 is 18.0 Å². The van der Waals surface area contributed by atoms with Crippen molar-refractivity contribution in [2.45, 2.75) is 44.1 Å². The van der Waals surface area contributed by atoms with Crippen LogP contribution in [0.2, 0.25) is 5.02 Å². The zero-order chi connectivity index (χ0) is 23.8. The van der Waals surface area contributed by atoms with Gasteiger partial charge in [-0.05, 0) is 36.6 Å². The molecule has 2 aliphatic rings. The van der Waals surface area contributed by atoms with Crippen LogP contribution in [0.5, 0.6) is 0 Å². The summed E-state index contributed by atoms with van der Waals surface area (Å²) < 4.78 is 52.4. The lowest BCUT2D eigenvalue weighted by molar-refractivity contribution is -0.138. The quantitative estimate of drug-likeness (QED) is 0.577. The third-order valence-corrected chi connectivity index (χ3v) is 6.27. The van der Waals surface area contributed by atoms with E-state index in [1.807, 2.05) is 0 Å². The number of carbonyl (C=O) groups excluding carboxylic acids is 1. The minimum Gasteiger partial charge on any atom is -0.343 e. The van der Waals surface area contributed by atoms with Crippen LogP contribution < -0.4 is 16.0 Å². The van der Waals surface area contributed by atoms with E-state index in [2.05, 4.69) is 25.9 Å². The van der Waals surface area contributed by atoms with Crippen molar-refractivity contribution in [3.63, 3.8) is 0 Å². The van der Waals surface area contributed by atoms with Crippen LogP contribution in [-0.4, -0.2) is 58.8 Å². The standard InChI is InChI=1S/C21H23ClF4N6O/c1-11(21(24,25)26)29-19-28-7-13-4-5-32(10-18(13)30-19)20(33)31-17-9-27-8-14(17)12-2-3-15(22)16(23)6-12/h2-3,6-7,11,14,17,27H,4-5,8-10H2,1H3,(H,31,33)(H,28,29,30). The van der Waals surface area contributed by atoms with Gasteiger partial charge in [0, 0.05) is 31.7 Å². The summed E-state index contributed by atoms with van der Waals surface area (Å²) in [4.78, 5) is 22.7. The lowest BCUT2D eigenvalue weighted by Crippen LogP contribution is -2.49. The molecule has 0 saturated carbocycles. The van der Waals surface area contributed by atoms with Gasteiger partial charge in [-0.1, -0.05) is 17.7 Å². The number of rotatable bonds is 4. The molecule has 3 atom stereocenters. The SMILES string of the molecule is CC(Nc1ncc2c(n1)CN(C(=O)NC1CNCC1c1ccc(Cl)c(F)c1)CC2)C(F)(F)F. The molecule has 12 heteroatoms. The van der Waals surface area contributed by atoms with Gasteiger partial charge in [-0.3, -0.25) is 0 Å². The molecule has 4 rings (SSSR count). The van der Waals surface area contributed by atoms with Gasteiger partial charge >= 0.3 is 12.2 Å². The Morgan fingerprint density at radius 2 is 2.12 bits per heavy atom. The number of halogens is 5. The molecule has 0 radical (unpaired) electrons. The summed E-state index contributed by atoms with van der Waals surface area (Å²) in [5.41, 5.74) is 2.03. The van der Waals surface area contributed by atoms with Crippen LogP contribution in [0.15, 0.2) is 24.4 Å². The molecule has 3 heterocycles. The van der Waals surface area contributed by atoms with Crippen molar-refractivity contribution >= 4 is 23.6 Å². The molecule has 3 N–H and O–H groups in total. The van der Waals surface area contributed by atoms with Gasteiger partial charge in [-0.15, -0.1) is 0 Å². The van der Waals surface area contributed by atoms with E-state index in [0.29, 0.717) is 31.7 Å². The van der Waals surface area contributed by atoms with Gasteiger partial charge in [0.15, 0.2) is 0 Å². The van der Waals surface area contributed by atoms with Crippen molar-refractivity contribution < 1.29 is 22.4 Å². The van der Waals surface area contributed by atoms with Gasteiger partial charge in [0.05, 0.1) is 23.3 Å². The maximum atomic E-state index is 13.9. The lowest BCUT2D eigenvalue weighted by Gasteiger charge is -2.30. The summed E-state index contributed by atoms with van der Waals surface area (Å²) in [6.45, 7) is 2.67. The van der Waals surface area contributed by atoms with Crippen molar-refractivity contribution in [3.05, 3.63) is 52.1 Å². The molecule has 2 aliphatic heterocycles. The predicted molar refractivity (Wildman–Crippen MR) is 115 cm³/mol. The number of carbonyl (C=O) groups is 1. The van der Waals surface area contributed by atoms with Gasteiger partial charge in [0.25, 0.3) is 0 Å². The van der Waals surface area contributed by atoms with Crippen molar-refractivity contribution in [3.8, 4) is 0 Å². The third-order valence-electron chi connectivity index (χ3n) is 5.96. The highest BCUT2D eigenvalue weighted by atomic mass is 35.5. The molecule has 2 aromatic rings. The van der Waals surface area contributed by atoms with E-state index in [0.717, 1.165) is 18.1 Å². The fraction of sp³-hybridized carbons (Fsp3) is 0.476. The first kappa shape index (κ1) is 23.5. The highest BCUT2D eigenvalue weighted by molar-refractivity contribution is 6.30. The van der Waals surface area contributed by atoms with Crippen LogP contribution >= 0.6 is 11.6 Å². The fourth-order valence-electron chi connectivity index (χ4n) is 3.99. The van der Waals surface area contributed by atoms with Gasteiger partial charge < -0.3 is 20.9 Å². The van der Waals surface area contributed by atoms with Gasteiger partial charge in [0.2, 0.25) is 5.95 Å². The van der Waals surface area contributed by atoms with Gasteiger partial charge in [-0.25, -0.2) is 19.2 Å². The molecule has 2 amide bonds. The van der Waals surface area contributed by atoms with Crippen LogP contribution in [-0.2, 0) is 13.0 Å². The summed E-state index contributed by atoms with van der Waals surface area (Å²) in [5.74, 6) is -0.770. The largest absolute Gasteiger partial charge is 0.408 e. The summed E-state index contributed by atoms with van der Waals surface area (Å²) in [6.07, 6.45) is -2.44. The number of benzene rings is 1. The summed E-state index contributed by atoms with van der Waals surface area (Å²) >= 11 is 5.77. The number of anilines is 1. The molecule has 0 spiro atoms. The lowest BCUT2D eigenvalue weighted by atomic mass is 9.94. The first-order chi connectivity index (χ1) is 15.6. The second-order valence-corrected chi connectivity index (χ2v) is 8.65. The van der Waals surface area contributed by atoms with E-state index in [1.165, 1.54) is 18.3 Å². The Balaban J connectivity index is 1.42. The van der Waals surface area contributed by atoms with E-state index in [9.17, 15) is 22.4 Å². The van der Waals surface area contributed by atoms with Crippen LogP contribution in [0.4, 0.5) is 28.3 Å². The number of urea groups is 1. The van der Waals surface area contributed by atoms with Crippen molar-refractivity contribution in [1.29, 1.82) is 0 Å². The molecule has 1 aromatic carbocycles. The minimum atomic E-state index is -4.43. The zero-order valence-electron chi connectivity index (χ0n) is 17.7. The number of hydrogen-bond donors (Lipinski definition) is 3. The zero-order valence-corrected chi connectivity index (χ0v) is 18.5. The van der Waals surface area contributed by atoms with Crippen molar-refractivity contribution in [2.75, 3.05) is 25.0 Å². The second kappa shape index (κ2) is 9.30. The monoisotopic (exact) mass is 486 g/mol. The van der Waals surface area contributed by atoms with Crippen molar-refractivity contribution in [1.82, 2.24) is 25.5 Å². The smallest absolute Gasteiger partial charge is 0.343 e. The molecule has 0 aliphatic carbocycles. The molecule has 3 unspecified atom stereocenters. The number of nitrogens with zero attached hydrogens (tertiary/aromatic N) is 3. The van der Waals surface area contributed by atoms with Crippen LogP contribution in [0.25, 0.3) is 0 Å². The molecule has 0 bridgehead atoms. The van der Waals surface area contributed by atoms with E-state index in [4.69, 9.17) is 11.6 Å². The highest BCUT2D eigenvalue weighted by Crippen LogP contribution is 2.27.